The predicted octanol–water partition coefficient (Wildman–Crippen LogP) is 3.88. The fourth-order valence-corrected chi connectivity index (χ4v) is 4.47. The van der Waals surface area contributed by atoms with Gasteiger partial charge in [0.2, 0.25) is 0 Å². The molecule has 0 N–H and O–H groups in total. The molecular formula is C21H27NO4S. The van der Waals surface area contributed by atoms with Crippen LogP contribution in [0, 0.1) is 6.92 Å². The molecule has 146 valence electrons. The number of rotatable bonds is 8. The molecule has 0 atom stereocenters. The molecule has 27 heavy (non-hydrogen) atoms. The number of hydrogen-bond acceptors (Lipinski definition) is 4. The number of ether oxygens (including phenoxy) is 1. The maximum Gasteiger partial charge on any atom is 0.326 e. The molecule has 2 rings (SSSR count). The lowest BCUT2D eigenvalue weighted by molar-refractivity contribution is -0.141. The third-order valence-corrected chi connectivity index (χ3v) is 6.16. The average Bonchev–Trinajstić information content (AvgIpc) is 2.66. The first kappa shape index (κ1) is 21.0. The largest absolute Gasteiger partial charge is 0.465 e. The van der Waals surface area contributed by atoms with Crippen molar-refractivity contribution in [1.82, 2.24) is 0 Å². The lowest BCUT2D eigenvalue weighted by atomic mass is 10.0. The molecule has 0 aliphatic carbocycles. The third-order valence-electron chi connectivity index (χ3n) is 4.40. The van der Waals surface area contributed by atoms with E-state index in [-0.39, 0.29) is 18.0 Å². The van der Waals surface area contributed by atoms with E-state index in [4.69, 9.17) is 4.74 Å². The summed E-state index contributed by atoms with van der Waals surface area (Å²) in [7, 11) is -3.92. The molecule has 5 nitrogen and oxygen atoms in total. The van der Waals surface area contributed by atoms with E-state index >= 15 is 0 Å². The Kier molecular flexibility index (Phi) is 7.02. The van der Waals surface area contributed by atoms with E-state index in [9.17, 15) is 13.2 Å². The van der Waals surface area contributed by atoms with Gasteiger partial charge in [0.05, 0.1) is 17.2 Å². The smallest absolute Gasteiger partial charge is 0.326 e. The third kappa shape index (κ3) is 4.69. The van der Waals surface area contributed by atoms with Crippen molar-refractivity contribution in [3.8, 4) is 0 Å². The Balaban J connectivity index is 2.66. The number of carbonyl (C=O) groups excluding carboxylic acids is 1. The van der Waals surface area contributed by atoms with Gasteiger partial charge in [0.1, 0.15) is 6.54 Å². The first-order chi connectivity index (χ1) is 12.8. The zero-order valence-electron chi connectivity index (χ0n) is 16.4. The molecule has 0 aliphatic heterocycles. The molecule has 0 spiro atoms. The molecule has 0 amide bonds. The lowest BCUT2D eigenvalue weighted by Crippen LogP contribution is -2.38. The highest BCUT2D eigenvalue weighted by Crippen LogP contribution is 2.32. The summed E-state index contributed by atoms with van der Waals surface area (Å²) in [4.78, 5) is 12.4. The molecule has 0 saturated carbocycles. The molecule has 2 aromatic rings. The molecule has 0 saturated heterocycles. The number of anilines is 1. The van der Waals surface area contributed by atoms with Crippen LogP contribution in [-0.4, -0.2) is 27.5 Å². The van der Waals surface area contributed by atoms with Crippen LogP contribution < -0.4 is 4.31 Å². The molecule has 0 fully saturated rings. The first-order valence-corrected chi connectivity index (χ1v) is 10.6. The number of aryl methyl sites for hydroxylation is 3. The summed E-state index contributed by atoms with van der Waals surface area (Å²) in [6.45, 7) is 7.39. The number of esters is 1. The van der Waals surface area contributed by atoms with Crippen LogP contribution in [-0.2, 0) is 32.4 Å². The Morgan fingerprint density at radius 2 is 1.52 bits per heavy atom. The van der Waals surface area contributed by atoms with E-state index in [0.717, 1.165) is 16.7 Å². The van der Waals surface area contributed by atoms with E-state index < -0.39 is 16.0 Å². The number of sulfonamides is 1. The van der Waals surface area contributed by atoms with Crippen LogP contribution in [0.2, 0.25) is 0 Å². The Morgan fingerprint density at radius 3 is 2.00 bits per heavy atom. The summed E-state index contributed by atoms with van der Waals surface area (Å²) in [6, 6.07) is 12.4. The number of nitrogens with zero attached hydrogens (tertiary/aromatic N) is 1. The highest BCUT2D eigenvalue weighted by atomic mass is 32.2. The fraction of sp³-hybridized carbons (Fsp3) is 0.381. The van der Waals surface area contributed by atoms with E-state index in [1.165, 1.54) is 4.31 Å². The molecule has 6 heteroatoms. The molecule has 0 unspecified atom stereocenters. The van der Waals surface area contributed by atoms with E-state index in [2.05, 4.69) is 0 Å². The average molecular weight is 390 g/mol. The van der Waals surface area contributed by atoms with Crippen molar-refractivity contribution in [3.63, 3.8) is 0 Å². The minimum absolute atomic E-state index is 0.158. The number of hydrogen-bond donors (Lipinski definition) is 0. The summed E-state index contributed by atoms with van der Waals surface area (Å²) < 4.78 is 33.1. The topological polar surface area (TPSA) is 63.7 Å². The molecular weight excluding hydrogens is 362 g/mol. The maximum atomic E-state index is 13.4. The highest BCUT2D eigenvalue weighted by molar-refractivity contribution is 7.92. The van der Waals surface area contributed by atoms with Crippen LogP contribution in [0.5, 0.6) is 0 Å². The standard InChI is InChI=1S/C21H27NO4S/c1-5-17-9-8-10-18(6-2)21(17)22(15-20(23)26-7-3)27(24,25)19-13-11-16(4)12-14-19/h8-14H,5-7,15H2,1-4H3. The van der Waals surface area contributed by atoms with Gasteiger partial charge in [0, 0.05) is 0 Å². The van der Waals surface area contributed by atoms with Gasteiger partial charge >= 0.3 is 5.97 Å². The van der Waals surface area contributed by atoms with E-state index in [1.54, 1.807) is 31.2 Å². The Hall–Kier alpha value is -2.34. The van der Waals surface area contributed by atoms with Gasteiger partial charge in [-0.3, -0.25) is 9.10 Å². The van der Waals surface area contributed by atoms with Gasteiger partial charge in [0.25, 0.3) is 10.0 Å². The van der Waals surface area contributed by atoms with Crippen molar-refractivity contribution in [1.29, 1.82) is 0 Å². The van der Waals surface area contributed by atoms with Crippen LogP contribution in [0.4, 0.5) is 5.69 Å². The Bertz CT molecular complexity index is 867. The summed E-state index contributed by atoms with van der Waals surface area (Å²) >= 11 is 0. The van der Waals surface area contributed by atoms with Crippen molar-refractivity contribution in [2.24, 2.45) is 0 Å². The predicted molar refractivity (Wildman–Crippen MR) is 108 cm³/mol. The molecule has 0 radical (unpaired) electrons. The normalized spacial score (nSPS) is 11.3. The number of carbonyl (C=O) groups is 1. The minimum atomic E-state index is -3.92. The second-order valence-electron chi connectivity index (χ2n) is 6.26. The van der Waals surface area contributed by atoms with Crippen molar-refractivity contribution in [3.05, 3.63) is 59.2 Å². The number of benzene rings is 2. The van der Waals surface area contributed by atoms with Gasteiger partial charge in [-0.1, -0.05) is 49.7 Å². The summed E-state index contributed by atoms with van der Waals surface area (Å²) in [6.07, 6.45) is 1.32. The quantitative estimate of drug-likeness (QED) is 0.643. The molecule has 0 aromatic heterocycles. The van der Waals surface area contributed by atoms with Gasteiger partial charge in [0.15, 0.2) is 0 Å². The van der Waals surface area contributed by atoms with Gasteiger partial charge in [-0.25, -0.2) is 8.42 Å². The van der Waals surface area contributed by atoms with Gasteiger partial charge in [-0.15, -0.1) is 0 Å². The minimum Gasteiger partial charge on any atom is -0.465 e. The zero-order valence-corrected chi connectivity index (χ0v) is 17.2. The summed E-state index contributed by atoms with van der Waals surface area (Å²) in [5, 5.41) is 0. The highest BCUT2D eigenvalue weighted by Gasteiger charge is 2.30. The summed E-state index contributed by atoms with van der Waals surface area (Å²) in [5.41, 5.74) is 3.31. The van der Waals surface area contributed by atoms with Crippen molar-refractivity contribution in [2.75, 3.05) is 17.5 Å². The van der Waals surface area contributed by atoms with E-state index in [0.29, 0.717) is 18.5 Å². The van der Waals surface area contributed by atoms with Crippen LogP contribution in [0.25, 0.3) is 0 Å². The molecule has 0 heterocycles. The van der Waals surface area contributed by atoms with Crippen molar-refractivity contribution >= 4 is 21.7 Å². The molecule has 0 aliphatic rings. The van der Waals surface area contributed by atoms with Crippen molar-refractivity contribution in [2.45, 2.75) is 45.4 Å². The van der Waals surface area contributed by atoms with Crippen LogP contribution in [0.3, 0.4) is 0 Å². The zero-order chi connectivity index (χ0) is 20.0. The Labute approximate surface area is 162 Å². The maximum absolute atomic E-state index is 13.4. The second kappa shape index (κ2) is 9.04. The van der Waals surface area contributed by atoms with Crippen LogP contribution in [0.15, 0.2) is 47.4 Å². The van der Waals surface area contributed by atoms with E-state index in [1.807, 2.05) is 39.0 Å². The van der Waals surface area contributed by atoms with Crippen LogP contribution in [0.1, 0.15) is 37.5 Å². The van der Waals surface area contributed by atoms with Gasteiger partial charge in [-0.05, 0) is 49.9 Å². The van der Waals surface area contributed by atoms with Crippen LogP contribution >= 0.6 is 0 Å². The van der Waals surface area contributed by atoms with Gasteiger partial charge < -0.3 is 4.74 Å². The first-order valence-electron chi connectivity index (χ1n) is 9.20. The second-order valence-corrected chi connectivity index (χ2v) is 8.12. The number of para-hydroxylation sites is 1. The molecule has 2 aromatic carbocycles. The van der Waals surface area contributed by atoms with Gasteiger partial charge in [-0.2, -0.15) is 0 Å². The Morgan fingerprint density at radius 1 is 0.963 bits per heavy atom. The lowest BCUT2D eigenvalue weighted by Gasteiger charge is -2.28. The van der Waals surface area contributed by atoms with Crippen molar-refractivity contribution < 1.29 is 17.9 Å². The summed E-state index contributed by atoms with van der Waals surface area (Å²) in [5.74, 6) is -0.568. The SMILES string of the molecule is CCOC(=O)CN(c1c(CC)cccc1CC)S(=O)(=O)c1ccc(C)cc1. The monoisotopic (exact) mass is 389 g/mol. The molecule has 0 bridgehead atoms. The fourth-order valence-electron chi connectivity index (χ4n) is 2.98.